The predicted octanol–water partition coefficient (Wildman–Crippen LogP) is 3.85. The number of pyridine rings is 1. The number of halogens is 2. The van der Waals surface area contributed by atoms with E-state index < -0.39 is 11.9 Å². The number of hydrogen-bond donors (Lipinski definition) is 3. The number of hydrogen-bond acceptors (Lipinski definition) is 9. The number of nitrogens with two attached hydrogens (primary N) is 2. The van der Waals surface area contributed by atoms with Crippen LogP contribution in [0.25, 0.3) is 16.9 Å². The molecular formula is C22H20ClFN10. The molecule has 0 aromatic carbocycles. The quantitative estimate of drug-likeness (QED) is 0.374. The summed E-state index contributed by atoms with van der Waals surface area (Å²) >= 11 is 6.62. The Labute approximate surface area is 198 Å². The summed E-state index contributed by atoms with van der Waals surface area (Å²) in [5.41, 5.74) is 14.6. The molecule has 5 N–H and O–H groups in total. The lowest BCUT2D eigenvalue weighted by Gasteiger charge is -2.21. The second kappa shape index (κ2) is 8.39. The van der Waals surface area contributed by atoms with Gasteiger partial charge in [0, 0.05) is 29.4 Å². The normalized spacial score (nSPS) is 14.2. The van der Waals surface area contributed by atoms with E-state index in [2.05, 4.69) is 25.4 Å². The summed E-state index contributed by atoms with van der Waals surface area (Å²) in [4.78, 5) is 16.8. The van der Waals surface area contributed by atoms with E-state index in [1.54, 1.807) is 10.7 Å². The Hall–Kier alpha value is -4.04. The van der Waals surface area contributed by atoms with E-state index >= 15 is 0 Å². The van der Waals surface area contributed by atoms with Crippen molar-refractivity contribution in [1.29, 1.82) is 5.26 Å². The Morgan fingerprint density at radius 1 is 1.29 bits per heavy atom. The Bertz CT molecular complexity index is 1460. The van der Waals surface area contributed by atoms with Crippen LogP contribution < -0.4 is 16.8 Å². The number of aromatic nitrogens is 6. The standard InChI is InChI=1S/C22H20ClFN10/c1-2-15(29-20-13(6-25)19(26)31-22(27)32-20)14-9-34-21(16(23)18(33-34)10-3-4-10)30-17(14)11-5-12(24)8-28-7-11/h5,7-10,15H,2-4H2,1H3,(H5,26,27,29,31,32)/t15-/m0/s1. The molecule has 4 heterocycles. The number of nitrogens with one attached hydrogen (secondary N) is 1. The van der Waals surface area contributed by atoms with Gasteiger partial charge in [0.2, 0.25) is 5.95 Å². The average molecular weight is 479 g/mol. The molecule has 1 aliphatic carbocycles. The molecule has 0 spiro atoms. The number of nitriles is 1. The van der Waals surface area contributed by atoms with Gasteiger partial charge in [-0.05, 0) is 25.3 Å². The van der Waals surface area contributed by atoms with Gasteiger partial charge in [-0.3, -0.25) is 4.98 Å². The van der Waals surface area contributed by atoms with Gasteiger partial charge >= 0.3 is 0 Å². The van der Waals surface area contributed by atoms with Crippen LogP contribution in [0.5, 0.6) is 0 Å². The second-order valence-corrected chi connectivity index (χ2v) is 8.46. The average Bonchev–Trinajstić information content (AvgIpc) is 3.60. The largest absolute Gasteiger partial charge is 0.382 e. The van der Waals surface area contributed by atoms with Crippen LogP contribution in [0.15, 0.2) is 24.7 Å². The van der Waals surface area contributed by atoms with Gasteiger partial charge in [0.05, 0.1) is 23.6 Å². The summed E-state index contributed by atoms with van der Waals surface area (Å²) in [6.07, 6.45) is 7.09. The first kappa shape index (κ1) is 21.8. The van der Waals surface area contributed by atoms with Gasteiger partial charge in [-0.2, -0.15) is 20.3 Å². The number of nitrogen functional groups attached to an aromatic ring is 2. The third-order valence-electron chi connectivity index (χ3n) is 5.71. The molecule has 0 saturated heterocycles. The minimum Gasteiger partial charge on any atom is -0.382 e. The second-order valence-electron chi connectivity index (χ2n) is 8.09. The van der Waals surface area contributed by atoms with Crippen LogP contribution in [0.3, 0.4) is 0 Å². The molecule has 1 atom stereocenters. The number of rotatable bonds is 6. The number of anilines is 3. The Morgan fingerprint density at radius 2 is 2.09 bits per heavy atom. The first-order valence-electron chi connectivity index (χ1n) is 10.7. The fourth-order valence-corrected chi connectivity index (χ4v) is 4.22. The highest BCUT2D eigenvalue weighted by atomic mass is 35.5. The van der Waals surface area contributed by atoms with Crippen molar-refractivity contribution >= 4 is 34.8 Å². The number of nitrogens with zero attached hydrogens (tertiary/aromatic N) is 7. The first-order valence-corrected chi connectivity index (χ1v) is 11.1. The molecule has 172 valence electrons. The smallest absolute Gasteiger partial charge is 0.224 e. The molecule has 12 heteroatoms. The maximum atomic E-state index is 14.1. The van der Waals surface area contributed by atoms with Crippen molar-refractivity contribution < 1.29 is 4.39 Å². The lowest BCUT2D eigenvalue weighted by molar-refractivity contribution is 0.621. The molecule has 5 rings (SSSR count). The summed E-state index contributed by atoms with van der Waals surface area (Å²) in [7, 11) is 0. The van der Waals surface area contributed by atoms with Crippen LogP contribution >= 0.6 is 11.6 Å². The van der Waals surface area contributed by atoms with Crippen LogP contribution in [0.4, 0.5) is 22.0 Å². The summed E-state index contributed by atoms with van der Waals surface area (Å²) in [6.45, 7) is 1.95. The molecule has 34 heavy (non-hydrogen) atoms. The van der Waals surface area contributed by atoms with E-state index in [-0.39, 0.29) is 23.1 Å². The van der Waals surface area contributed by atoms with Crippen molar-refractivity contribution in [1.82, 2.24) is 29.5 Å². The van der Waals surface area contributed by atoms with Crippen molar-refractivity contribution in [3.8, 4) is 17.3 Å². The summed E-state index contributed by atoms with van der Waals surface area (Å²) < 4.78 is 15.7. The van der Waals surface area contributed by atoms with E-state index in [1.165, 1.54) is 12.3 Å². The van der Waals surface area contributed by atoms with Gasteiger partial charge in [-0.1, -0.05) is 18.5 Å². The molecule has 10 nitrogen and oxygen atoms in total. The van der Waals surface area contributed by atoms with E-state index in [1.807, 2.05) is 13.0 Å². The van der Waals surface area contributed by atoms with Gasteiger partial charge in [0.25, 0.3) is 0 Å². The van der Waals surface area contributed by atoms with E-state index in [4.69, 9.17) is 28.1 Å². The SMILES string of the molecule is CC[C@H](Nc1nc(N)nc(N)c1C#N)c1cn2nc(C3CC3)c(Cl)c2nc1-c1cncc(F)c1. The van der Waals surface area contributed by atoms with Crippen LogP contribution in [-0.2, 0) is 0 Å². The van der Waals surface area contributed by atoms with E-state index in [0.29, 0.717) is 39.8 Å². The molecule has 4 aromatic heterocycles. The van der Waals surface area contributed by atoms with Gasteiger partial charge in [0.15, 0.2) is 11.5 Å². The Balaban J connectivity index is 1.69. The lowest BCUT2D eigenvalue weighted by atomic mass is 10.00. The third-order valence-corrected chi connectivity index (χ3v) is 6.07. The highest BCUT2D eigenvalue weighted by molar-refractivity contribution is 6.34. The minimum atomic E-state index is -0.493. The fraction of sp³-hybridized carbons (Fsp3) is 0.273. The third kappa shape index (κ3) is 3.82. The molecule has 0 bridgehead atoms. The lowest BCUT2D eigenvalue weighted by Crippen LogP contribution is -2.17. The van der Waals surface area contributed by atoms with Crippen molar-refractivity contribution in [2.45, 2.75) is 38.1 Å². The van der Waals surface area contributed by atoms with Gasteiger partial charge in [-0.15, -0.1) is 0 Å². The summed E-state index contributed by atoms with van der Waals surface area (Å²) in [6, 6.07) is 2.95. The van der Waals surface area contributed by atoms with Gasteiger partial charge in [-0.25, -0.2) is 13.9 Å². The molecule has 0 amide bonds. The monoisotopic (exact) mass is 478 g/mol. The molecule has 1 fully saturated rings. The van der Waals surface area contributed by atoms with Gasteiger partial charge in [0.1, 0.15) is 28.3 Å². The Kier molecular flexibility index (Phi) is 5.37. The first-order chi connectivity index (χ1) is 16.4. The molecule has 0 aliphatic heterocycles. The Morgan fingerprint density at radius 3 is 2.76 bits per heavy atom. The van der Waals surface area contributed by atoms with Gasteiger partial charge < -0.3 is 16.8 Å². The van der Waals surface area contributed by atoms with Crippen LogP contribution in [0.2, 0.25) is 5.02 Å². The van der Waals surface area contributed by atoms with Crippen molar-refractivity contribution in [3.05, 3.63) is 52.3 Å². The van der Waals surface area contributed by atoms with Crippen LogP contribution in [0.1, 0.15) is 55.0 Å². The van der Waals surface area contributed by atoms with Crippen molar-refractivity contribution in [3.63, 3.8) is 0 Å². The zero-order valence-corrected chi connectivity index (χ0v) is 18.9. The molecule has 0 radical (unpaired) electrons. The molecular weight excluding hydrogens is 459 g/mol. The van der Waals surface area contributed by atoms with Crippen LogP contribution in [-0.4, -0.2) is 29.5 Å². The molecule has 0 unspecified atom stereocenters. The number of fused-ring (bicyclic) bond motifs is 1. The minimum absolute atomic E-state index is 0.0246. The van der Waals surface area contributed by atoms with E-state index in [9.17, 15) is 9.65 Å². The van der Waals surface area contributed by atoms with Crippen LogP contribution in [0, 0.1) is 17.1 Å². The molecule has 1 aliphatic rings. The maximum Gasteiger partial charge on any atom is 0.224 e. The zero-order chi connectivity index (χ0) is 24.0. The predicted molar refractivity (Wildman–Crippen MR) is 125 cm³/mol. The highest BCUT2D eigenvalue weighted by Gasteiger charge is 2.31. The van der Waals surface area contributed by atoms with Crippen molar-refractivity contribution in [2.75, 3.05) is 16.8 Å². The summed E-state index contributed by atoms with van der Waals surface area (Å²) in [5, 5.41) is 17.9. The maximum absolute atomic E-state index is 14.1. The van der Waals surface area contributed by atoms with E-state index in [0.717, 1.165) is 24.7 Å². The summed E-state index contributed by atoms with van der Waals surface area (Å²) in [5.74, 6) is -0.0667. The molecule has 1 saturated carbocycles. The van der Waals surface area contributed by atoms with Crippen molar-refractivity contribution in [2.24, 2.45) is 0 Å². The highest BCUT2D eigenvalue weighted by Crippen LogP contribution is 2.44. The zero-order valence-electron chi connectivity index (χ0n) is 18.1. The fourth-order valence-electron chi connectivity index (χ4n) is 3.90. The molecule has 4 aromatic rings. The topological polar surface area (TPSA) is 157 Å².